The average molecular weight is 220 g/mol. The Kier molecular flexibility index (Phi) is 3.93. The number of amides is 1. The van der Waals surface area contributed by atoms with E-state index < -0.39 is 0 Å². The number of rotatable bonds is 0. The Morgan fingerprint density at radius 1 is 1.06 bits per heavy atom. The molecule has 1 aromatic carbocycles. The Balaban J connectivity index is 0.000000606. The Labute approximate surface area is 97.7 Å². The largest absolute Gasteiger partial charge is 0.354 e. The predicted molar refractivity (Wildman–Crippen MR) is 67.7 cm³/mol. The van der Waals surface area contributed by atoms with E-state index in [2.05, 4.69) is 4.90 Å². The molecule has 1 heterocycles. The molecule has 0 saturated heterocycles. The molecule has 0 radical (unpaired) electrons. The third kappa shape index (κ3) is 1.90. The fraction of sp³-hybridized carbons (Fsp3) is 0.462. The minimum Gasteiger partial charge on any atom is -0.354 e. The van der Waals surface area contributed by atoms with Crippen LogP contribution in [-0.2, 0) is 0 Å². The maximum Gasteiger partial charge on any atom is 0.257 e. The van der Waals surface area contributed by atoms with Crippen molar-refractivity contribution >= 4 is 11.6 Å². The van der Waals surface area contributed by atoms with Gasteiger partial charge in [-0.05, 0) is 19.1 Å². The summed E-state index contributed by atoms with van der Waals surface area (Å²) in [7, 11) is 3.84. The summed E-state index contributed by atoms with van der Waals surface area (Å²) < 4.78 is 0. The van der Waals surface area contributed by atoms with E-state index in [1.54, 1.807) is 4.90 Å². The maximum atomic E-state index is 11.9. The number of benzene rings is 1. The number of fused-ring (bicyclic) bond motifs is 1. The van der Waals surface area contributed by atoms with Crippen LogP contribution in [0.3, 0.4) is 0 Å². The summed E-state index contributed by atoms with van der Waals surface area (Å²) in [4.78, 5) is 15.7. The molecule has 3 nitrogen and oxygen atoms in total. The number of carbonyl (C=O) groups excluding carboxylic acids is 1. The third-order valence-corrected chi connectivity index (χ3v) is 2.96. The monoisotopic (exact) mass is 220 g/mol. The SMILES string of the molecule is CC.CC1N(C)C(=O)c2ccccc2N1C. The molecular weight excluding hydrogens is 200 g/mol. The van der Waals surface area contributed by atoms with Crippen LogP contribution in [0.15, 0.2) is 24.3 Å². The molecule has 0 aliphatic carbocycles. The van der Waals surface area contributed by atoms with E-state index in [1.807, 2.05) is 59.1 Å². The van der Waals surface area contributed by atoms with Crippen molar-refractivity contribution in [3.63, 3.8) is 0 Å². The lowest BCUT2D eigenvalue weighted by Gasteiger charge is -2.39. The normalized spacial score (nSPS) is 18.8. The number of hydrogen-bond donors (Lipinski definition) is 0. The Morgan fingerprint density at radius 3 is 2.25 bits per heavy atom. The van der Waals surface area contributed by atoms with Gasteiger partial charge in [-0.1, -0.05) is 26.0 Å². The Morgan fingerprint density at radius 2 is 1.62 bits per heavy atom. The molecule has 3 heteroatoms. The fourth-order valence-electron chi connectivity index (χ4n) is 1.78. The summed E-state index contributed by atoms with van der Waals surface area (Å²) in [6.45, 7) is 6.02. The molecule has 1 amide bonds. The van der Waals surface area contributed by atoms with Crippen LogP contribution < -0.4 is 4.90 Å². The first-order valence-electron chi connectivity index (χ1n) is 5.72. The lowest BCUT2D eigenvalue weighted by molar-refractivity contribution is 0.0726. The van der Waals surface area contributed by atoms with Gasteiger partial charge in [-0.25, -0.2) is 0 Å². The van der Waals surface area contributed by atoms with Gasteiger partial charge in [0.25, 0.3) is 5.91 Å². The van der Waals surface area contributed by atoms with E-state index in [9.17, 15) is 4.79 Å². The van der Waals surface area contributed by atoms with Crippen LogP contribution in [0.2, 0.25) is 0 Å². The first kappa shape index (κ1) is 12.6. The van der Waals surface area contributed by atoms with Crippen molar-refractivity contribution in [1.82, 2.24) is 4.90 Å². The predicted octanol–water partition coefficient (Wildman–Crippen LogP) is 2.58. The van der Waals surface area contributed by atoms with E-state index >= 15 is 0 Å². The topological polar surface area (TPSA) is 23.6 Å². The molecule has 1 aromatic rings. The summed E-state index contributed by atoms with van der Waals surface area (Å²) in [6.07, 6.45) is 0.123. The van der Waals surface area contributed by atoms with Crippen molar-refractivity contribution in [2.75, 3.05) is 19.0 Å². The van der Waals surface area contributed by atoms with Crippen molar-refractivity contribution in [3.8, 4) is 0 Å². The molecule has 2 rings (SSSR count). The van der Waals surface area contributed by atoms with Crippen molar-refractivity contribution in [2.24, 2.45) is 0 Å². The molecular formula is C13H20N2O. The maximum absolute atomic E-state index is 11.9. The van der Waals surface area contributed by atoms with E-state index in [4.69, 9.17) is 0 Å². The smallest absolute Gasteiger partial charge is 0.257 e. The molecule has 1 atom stereocenters. The number of hydrogen-bond acceptors (Lipinski definition) is 2. The van der Waals surface area contributed by atoms with Crippen molar-refractivity contribution in [3.05, 3.63) is 29.8 Å². The van der Waals surface area contributed by atoms with Crippen LogP contribution in [0, 0.1) is 0 Å². The molecule has 1 aliphatic heterocycles. The van der Waals surface area contributed by atoms with E-state index in [-0.39, 0.29) is 12.1 Å². The molecule has 16 heavy (non-hydrogen) atoms. The molecule has 1 aliphatic rings. The molecule has 0 spiro atoms. The highest BCUT2D eigenvalue weighted by atomic mass is 16.2. The zero-order valence-corrected chi connectivity index (χ0v) is 10.7. The summed E-state index contributed by atoms with van der Waals surface area (Å²) in [5.74, 6) is 0.103. The molecule has 0 bridgehead atoms. The number of carbonyl (C=O) groups is 1. The van der Waals surface area contributed by atoms with Gasteiger partial charge in [-0.2, -0.15) is 0 Å². The number of nitrogens with zero attached hydrogens (tertiary/aromatic N) is 2. The molecule has 0 saturated carbocycles. The molecule has 0 aromatic heterocycles. The van der Waals surface area contributed by atoms with E-state index in [0.717, 1.165) is 11.3 Å². The molecule has 0 N–H and O–H groups in total. The second-order valence-electron chi connectivity index (χ2n) is 3.68. The zero-order valence-electron chi connectivity index (χ0n) is 10.7. The van der Waals surface area contributed by atoms with Crippen LogP contribution in [0.25, 0.3) is 0 Å². The Hall–Kier alpha value is -1.51. The molecule has 1 unspecified atom stereocenters. The Bertz CT molecular complexity index is 376. The zero-order chi connectivity index (χ0) is 12.3. The van der Waals surface area contributed by atoms with Gasteiger partial charge in [0.2, 0.25) is 0 Å². The van der Waals surface area contributed by atoms with Crippen LogP contribution in [-0.4, -0.2) is 31.1 Å². The average Bonchev–Trinajstić information content (AvgIpc) is 2.36. The highest BCUT2D eigenvalue weighted by Gasteiger charge is 2.29. The van der Waals surface area contributed by atoms with E-state index in [1.165, 1.54) is 0 Å². The minimum atomic E-state index is 0.103. The van der Waals surface area contributed by atoms with Crippen LogP contribution >= 0.6 is 0 Å². The number of anilines is 1. The lowest BCUT2D eigenvalue weighted by Crippen LogP contribution is -2.50. The summed E-state index contributed by atoms with van der Waals surface area (Å²) in [5, 5.41) is 0. The van der Waals surface area contributed by atoms with Crippen LogP contribution in [0.1, 0.15) is 31.1 Å². The summed E-state index contributed by atoms with van der Waals surface area (Å²) in [5.41, 5.74) is 1.80. The van der Waals surface area contributed by atoms with Gasteiger partial charge in [0.15, 0.2) is 0 Å². The number of para-hydroxylation sites is 1. The minimum absolute atomic E-state index is 0.103. The quantitative estimate of drug-likeness (QED) is 0.671. The molecule has 0 fully saturated rings. The second kappa shape index (κ2) is 5.01. The summed E-state index contributed by atoms with van der Waals surface area (Å²) >= 11 is 0. The first-order chi connectivity index (χ1) is 7.63. The van der Waals surface area contributed by atoms with Crippen LogP contribution in [0.5, 0.6) is 0 Å². The van der Waals surface area contributed by atoms with Crippen LogP contribution in [0.4, 0.5) is 5.69 Å². The van der Waals surface area contributed by atoms with Crippen molar-refractivity contribution in [2.45, 2.75) is 26.9 Å². The lowest BCUT2D eigenvalue weighted by atomic mass is 10.1. The highest BCUT2D eigenvalue weighted by molar-refractivity contribution is 6.01. The van der Waals surface area contributed by atoms with Gasteiger partial charge in [-0.15, -0.1) is 0 Å². The fourth-order valence-corrected chi connectivity index (χ4v) is 1.78. The summed E-state index contributed by atoms with van der Waals surface area (Å²) in [6, 6.07) is 7.71. The molecule has 88 valence electrons. The van der Waals surface area contributed by atoms with Crippen molar-refractivity contribution in [1.29, 1.82) is 0 Å². The first-order valence-corrected chi connectivity index (χ1v) is 5.72. The third-order valence-electron chi connectivity index (χ3n) is 2.96. The van der Waals surface area contributed by atoms with Crippen molar-refractivity contribution < 1.29 is 4.79 Å². The second-order valence-corrected chi connectivity index (χ2v) is 3.68. The van der Waals surface area contributed by atoms with Gasteiger partial charge in [-0.3, -0.25) is 4.79 Å². The van der Waals surface area contributed by atoms with E-state index in [0.29, 0.717) is 0 Å². The standard InChI is InChI=1S/C11H14N2O.C2H6/c1-8-12(2)10-7-5-4-6-9(10)11(14)13(8)3;1-2/h4-8H,1-3H3;1-2H3. The highest BCUT2D eigenvalue weighted by Crippen LogP contribution is 2.28. The van der Waals surface area contributed by atoms with Gasteiger partial charge in [0.05, 0.1) is 11.3 Å². The van der Waals surface area contributed by atoms with Gasteiger partial charge >= 0.3 is 0 Å². The van der Waals surface area contributed by atoms with Gasteiger partial charge in [0.1, 0.15) is 6.17 Å². The van der Waals surface area contributed by atoms with Gasteiger partial charge in [0, 0.05) is 14.1 Å². The van der Waals surface area contributed by atoms with Gasteiger partial charge < -0.3 is 9.80 Å².